The minimum Gasteiger partial charge on any atom is -0.508 e. The van der Waals surface area contributed by atoms with Gasteiger partial charge in [-0.05, 0) is 46.9 Å². The van der Waals surface area contributed by atoms with E-state index < -0.39 is 0 Å². The zero-order valence-corrected chi connectivity index (χ0v) is 13.6. The SMILES string of the molecule is C#Cc1ccc(O)c2c1C1C(C=C)=C(/C=C\C)C2c2ccccc21. The fourth-order valence-corrected chi connectivity index (χ4v) is 4.30. The zero-order chi connectivity index (χ0) is 16.8. The summed E-state index contributed by atoms with van der Waals surface area (Å²) < 4.78 is 0. The van der Waals surface area contributed by atoms with Crippen molar-refractivity contribution in [2.24, 2.45) is 0 Å². The van der Waals surface area contributed by atoms with Crippen molar-refractivity contribution in [1.29, 1.82) is 0 Å². The maximum atomic E-state index is 10.6. The molecule has 1 N–H and O–H groups in total. The molecular formula is C23H18O. The summed E-state index contributed by atoms with van der Waals surface area (Å²) in [6, 6.07) is 12.0. The minimum atomic E-state index is -0.00120. The van der Waals surface area contributed by atoms with E-state index >= 15 is 0 Å². The molecule has 0 saturated heterocycles. The van der Waals surface area contributed by atoms with Gasteiger partial charge in [0.05, 0.1) is 0 Å². The molecule has 116 valence electrons. The molecule has 0 spiro atoms. The Balaban J connectivity index is 2.16. The van der Waals surface area contributed by atoms with Crippen LogP contribution in [-0.4, -0.2) is 5.11 Å². The summed E-state index contributed by atoms with van der Waals surface area (Å²) in [6.07, 6.45) is 11.9. The number of allylic oxidation sites excluding steroid dienone is 5. The smallest absolute Gasteiger partial charge is 0.120 e. The van der Waals surface area contributed by atoms with Crippen molar-refractivity contribution < 1.29 is 5.11 Å². The van der Waals surface area contributed by atoms with Crippen LogP contribution in [0.1, 0.15) is 46.6 Å². The first kappa shape index (κ1) is 14.6. The molecule has 2 aromatic rings. The molecule has 2 bridgehead atoms. The fourth-order valence-electron chi connectivity index (χ4n) is 4.30. The number of phenolic OH excluding ortho intramolecular Hbond substituents is 1. The number of hydrogen-bond acceptors (Lipinski definition) is 1. The Morgan fingerprint density at radius 1 is 1.04 bits per heavy atom. The van der Waals surface area contributed by atoms with E-state index in [0.717, 1.165) is 16.7 Å². The van der Waals surface area contributed by atoms with Gasteiger partial charge >= 0.3 is 0 Å². The van der Waals surface area contributed by atoms with Crippen molar-refractivity contribution >= 4 is 0 Å². The molecule has 2 atom stereocenters. The van der Waals surface area contributed by atoms with E-state index in [-0.39, 0.29) is 11.8 Å². The highest BCUT2D eigenvalue weighted by atomic mass is 16.3. The highest BCUT2D eigenvalue weighted by Crippen LogP contribution is 2.58. The summed E-state index contributed by atoms with van der Waals surface area (Å²) >= 11 is 0. The number of phenols is 1. The van der Waals surface area contributed by atoms with E-state index in [2.05, 4.69) is 42.8 Å². The first-order valence-electron chi connectivity index (χ1n) is 8.13. The topological polar surface area (TPSA) is 20.2 Å². The standard InChI is InChI=1S/C23H18O/c1-4-9-16-15(6-3)21-17-10-7-8-11-18(17)22(16)23-19(24)13-12-14(5-2)20(21)23/h2,4,6-13,21-22,24H,3H2,1H3/b9-4-. The average molecular weight is 310 g/mol. The van der Waals surface area contributed by atoms with Crippen molar-refractivity contribution in [3.8, 4) is 18.1 Å². The normalized spacial score (nSPS) is 20.7. The van der Waals surface area contributed by atoms with Crippen LogP contribution in [0.5, 0.6) is 5.75 Å². The lowest BCUT2D eigenvalue weighted by Gasteiger charge is -2.43. The number of aromatic hydroxyl groups is 1. The lowest BCUT2D eigenvalue weighted by molar-refractivity contribution is 0.462. The second-order valence-electron chi connectivity index (χ2n) is 6.21. The molecule has 2 unspecified atom stereocenters. The molecular weight excluding hydrogens is 292 g/mol. The summed E-state index contributed by atoms with van der Waals surface area (Å²) in [5.74, 6) is 3.15. The third kappa shape index (κ3) is 1.71. The summed E-state index contributed by atoms with van der Waals surface area (Å²) in [6.45, 7) is 6.07. The molecule has 0 fully saturated rings. The third-order valence-corrected chi connectivity index (χ3v) is 5.14. The van der Waals surface area contributed by atoms with E-state index in [1.165, 1.54) is 22.3 Å². The largest absolute Gasteiger partial charge is 0.508 e. The lowest BCUT2D eigenvalue weighted by Crippen LogP contribution is -2.28. The Labute approximate surface area is 142 Å². The molecule has 1 heteroatoms. The monoisotopic (exact) mass is 310 g/mol. The Hall–Kier alpha value is -2.98. The van der Waals surface area contributed by atoms with Crippen LogP contribution in [0.4, 0.5) is 0 Å². The second-order valence-corrected chi connectivity index (χ2v) is 6.21. The quantitative estimate of drug-likeness (QED) is 0.772. The number of terminal acetylenes is 1. The van der Waals surface area contributed by atoms with Gasteiger partial charge in [-0.1, -0.05) is 55.0 Å². The van der Waals surface area contributed by atoms with Gasteiger partial charge < -0.3 is 5.11 Å². The molecule has 5 rings (SSSR count). The zero-order valence-electron chi connectivity index (χ0n) is 13.6. The van der Waals surface area contributed by atoms with Gasteiger partial charge in [0.2, 0.25) is 0 Å². The highest BCUT2D eigenvalue weighted by Gasteiger charge is 2.43. The molecule has 24 heavy (non-hydrogen) atoms. The van der Waals surface area contributed by atoms with Crippen LogP contribution in [0.25, 0.3) is 0 Å². The maximum absolute atomic E-state index is 10.6. The Kier molecular flexibility index (Phi) is 3.22. The molecule has 1 nitrogen and oxygen atoms in total. The van der Waals surface area contributed by atoms with Gasteiger partial charge in [0.1, 0.15) is 5.75 Å². The molecule has 0 aliphatic heterocycles. The lowest BCUT2D eigenvalue weighted by atomic mass is 9.60. The molecule has 0 saturated carbocycles. The van der Waals surface area contributed by atoms with Crippen molar-refractivity contribution in [3.05, 3.63) is 100 Å². The summed E-state index contributed by atoms with van der Waals surface area (Å²) in [5, 5.41) is 10.6. The molecule has 0 amide bonds. The van der Waals surface area contributed by atoms with Gasteiger partial charge in [-0.3, -0.25) is 0 Å². The molecule has 0 aromatic heterocycles. The van der Waals surface area contributed by atoms with Crippen molar-refractivity contribution in [3.63, 3.8) is 0 Å². The fraction of sp³-hybridized carbons (Fsp3) is 0.130. The highest BCUT2D eigenvalue weighted by molar-refractivity contribution is 5.74. The minimum absolute atomic E-state index is 0.00120. The van der Waals surface area contributed by atoms with Gasteiger partial charge in [0.25, 0.3) is 0 Å². The number of benzene rings is 2. The Morgan fingerprint density at radius 2 is 1.71 bits per heavy atom. The van der Waals surface area contributed by atoms with Crippen LogP contribution in [-0.2, 0) is 0 Å². The molecule has 3 aliphatic rings. The molecule has 0 radical (unpaired) electrons. The van der Waals surface area contributed by atoms with E-state index in [4.69, 9.17) is 6.42 Å². The summed E-state index contributed by atoms with van der Waals surface area (Å²) in [7, 11) is 0. The van der Waals surface area contributed by atoms with Crippen molar-refractivity contribution in [2.75, 3.05) is 0 Å². The average Bonchev–Trinajstić information content (AvgIpc) is 2.62. The van der Waals surface area contributed by atoms with E-state index in [1.54, 1.807) is 6.07 Å². The summed E-state index contributed by atoms with van der Waals surface area (Å²) in [5.41, 5.74) is 7.77. The maximum Gasteiger partial charge on any atom is 0.120 e. The molecule has 3 aliphatic carbocycles. The predicted molar refractivity (Wildman–Crippen MR) is 98.2 cm³/mol. The van der Waals surface area contributed by atoms with Gasteiger partial charge in [0, 0.05) is 23.0 Å². The van der Waals surface area contributed by atoms with Crippen LogP contribution < -0.4 is 0 Å². The molecule has 0 heterocycles. The van der Waals surface area contributed by atoms with E-state index in [9.17, 15) is 5.11 Å². The predicted octanol–water partition coefficient (Wildman–Crippen LogP) is 5.02. The Morgan fingerprint density at radius 3 is 2.29 bits per heavy atom. The van der Waals surface area contributed by atoms with Crippen LogP contribution in [0.3, 0.4) is 0 Å². The van der Waals surface area contributed by atoms with Crippen LogP contribution in [0, 0.1) is 12.3 Å². The van der Waals surface area contributed by atoms with Crippen molar-refractivity contribution in [1.82, 2.24) is 0 Å². The Bertz CT molecular complexity index is 966. The first-order valence-corrected chi connectivity index (χ1v) is 8.13. The number of hydrogen-bond donors (Lipinski definition) is 1. The van der Waals surface area contributed by atoms with Gasteiger partial charge in [0.15, 0.2) is 0 Å². The van der Waals surface area contributed by atoms with Crippen LogP contribution in [0.2, 0.25) is 0 Å². The van der Waals surface area contributed by atoms with Crippen LogP contribution in [0.15, 0.2) is 72.4 Å². The van der Waals surface area contributed by atoms with Gasteiger partial charge in [-0.25, -0.2) is 0 Å². The van der Waals surface area contributed by atoms with Gasteiger partial charge in [-0.15, -0.1) is 6.42 Å². The van der Waals surface area contributed by atoms with Crippen LogP contribution >= 0.6 is 0 Å². The second kappa shape index (κ2) is 5.28. The van der Waals surface area contributed by atoms with E-state index in [1.807, 2.05) is 25.1 Å². The van der Waals surface area contributed by atoms with Crippen molar-refractivity contribution in [2.45, 2.75) is 18.8 Å². The third-order valence-electron chi connectivity index (χ3n) is 5.14. The number of rotatable bonds is 2. The summed E-state index contributed by atoms with van der Waals surface area (Å²) in [4.78, 5) is 0. The van der Waals surface area contributed by atoms with E-state index in [0.29, 0.717) is 5.75 Å². The molecule has 2 aromatic carbocycles. The van der Waals surface area contributed by atoms with Gasteiger partial charge in [-0.2, -0.15) is 0 Å². The first-order chi connectivity index (χ1) is 11.7.